The SMILES string of the molecule is Cc1ccc(N2CNC(=O)C23CCN([C@@H]2CCCC[C@]2(O)c2ccc(F)cc2)CC3)cc1. The van der Waals surface area contributed by atoms with Crippen molar-refractivity contribution in [2.24, 2.45) is 0 Å². The van der Waals surface area contributed by atoms with Crippen molar-refractivity contribution < 1.29 is 14.3 Å². The Morgan fingerprint density at radius 2 is 1.69 bits per heavy atom. The van der Waals surface area contributed by atoms with E-state index in [4.69, 9.17) is 0 Å². The third kappa shape index (κ3) is 3.50. The molecule has 5 rings (SSSR count). The summed E-state index contributed by atoms with van der Waals surface area (Å²) in [6.07, 6.45) is 5.08. The number of anilines is 1. The van der Waals surface area contributed by atoms with Crippen molar-refractivity contribution in [3.63, 3.8) is 0 Å². The monoisotopic (exact) mass is 437 g/mol. The molecule has 2 heterocycles. The highest BCUT2D eigenvalue weighted by molar-refractivity contribution is 5.93. The van der Waals surface area contributed by atoms with E-state index in [9.17, 15) is 14.3 Å². The highest BCUT2D eigenvalue weighted by Gasteiger charge is 2.53. The summed E-state index contributed by atoms with van der Waals surface area (Å²) in [7, 11) is 0. The molecule has 0 radical (unpaired) electrons. The molecule has 2 saturated heterocycles. The molecular weight excluding hydrogens is 405 g/mol. The number of hydrogen-bond acceptors (Lipinski definition) is 4. The Balaban J connectivity index is 1.37. The van der Waals surface area contributed by atoms with Gasteiger partial charge in [0, 0.05) is 24.8 Å². The van der Waals surface area contributed by atoms with Gasteiger partial charge >= 0.3 is 0 Å². The van der Waals surface area contributed by atoms with Gasteiger partial charge < -0.3 is 15.3 Å². The minimum absolute atomic E-state index is 0.0173. The van der Waals surface area contributed by atoms with Gasteiger partial charge in [-0.15, -0.1) is 0 Å². The molecule has 2 aromatic rings. The van der Waals surface area contributed by atoms with Crippen molar-refractivity contribution in [1.82, 2.24) is 10.2 Å². The lowest BCUT2D eigenvalue weighted by Gasteiger charge is -2.51. The molecule has 2 atom stereocenters. The Morgan fingerprint density at radius 3 is 2.38 bits per heavy atom. The van der Waals surface area contributed by atoms with Crippen molar-refractivity contribution in [3.8, 4) is 0 Å². The summed E-state index contributed by atoms with van der Waals surface area (Å²) < 4.78 is 13.5. The van der Waals surface area contributed by atoms with Gasteiger partial charge in [0.05, 0.1) is 6.67 Å². The van der Waals surface area contributed by atoms with E-state index in [0.717, 1.165) is 56.4 Å². The second kappa shape index (κ2) is 8.16. The van der Waals surface area contributed by atoms with Crippen LogP contribution in [-0.4, -0.2) is 47.3 Å². The molecule has 170 valence electrons. The van der Waals surface area contributed by atoms with Gasteiger partial charge in [0.2, 0.25) is 5.91 Å². The van der Waals surface area contributed by atoms with E-state index in [1.54, 1.807) is 12.1 Å². The number of hydrogen-bond donors (Lipinski definition) is 2. The predicted molar refractivity (Wildman–Crippen MR) is 123 cm³/mol. The molecule has 1 amide bonds. The van der Waals surface area contributed by atoms with E-state index in [0.29, 0.717) is 13.1 Å². The molecule has 3 aliphatic rings. The van der Waals surface area contributed by atoms with Gasteiger partial charge in [-0.25, -0.2) is 4.39 Å². The van der Waals surface area contributed by atoms with Crippen molar-refractivity contribution in [2.75, 3.05) is 24.7 Å². The van der Waals surface area contributed by atoms with Gasteiger partial charge in [0.15, 0.2) is 0 Å². The lowest BCUT2D eigenvalue weighted by atomic mass is 9.73. The normalized spacial score (nSPS) is 28.2. The number of nitrogens with zero attached hydrogens (tertiary/aromatic N) is 2. The number of carbonyl (C=O) groups excluding carboxylic acids is 1. The Labute approximate surface area is 189 Å². The molecule has 32 heavy (non-hydrogen) atoms. The minimum atomic E-state index is -0.981. The summed E-state index contributed by atoms with van der Waals surface area (Å²) in [4.78, 5) is 17.6. The summed E-state index contributed by atoms with van der Waals surface area (Å²) in [6.45, 7) is 4.11. The Hall–Kier alpha value is -2.44. The van der Waals surface area contributed by atoms with Crippen molar-refractivity contribution in [2.45, 2.75) is 62.6 Å². The van der Waals surface area contributed by atoms with Gasteiger partial charge in [0.25, 0.3) is 0 Å². The summed E-state index contributed by atoms with van der Waals surface area (Å²) in [5, 5.41) is 14.8. The van der Waals surface area contributed by atoms with Crippen LogP contribution in [0.5, 0.6) is 0 Å². The minimum Gasteiger partial charge on any atom is -0.384 e. The molecule has 6 heteroatoms. The van der Waals surface area contributed by atoms with E-state index in [-0.39, 0.29) is 17.8 Å². The first kappa shape index (κ1) is 21.4. The molecule has 2 N–H and O–H groups in total. The number of aryl methyl sites for hydroxylation is 1. The number of rotatable bonds is 3. The molecule has 2 aliphatic heterocycles. The maximum Gasteiger partial charge on any atom is 0.247 e. The molecule has 2 aromatic carbocycles. The molecular formula is C26H32FN3O2. The lowest BCUT2D eigenvalue weighted by Crippen LogP contribution is -2.61. The first-order valence-electron chi connectivity index (χ1n) is 11.8. The maximum absolute atomic E-state index is 13.5. The van der Waals surface area contributed by atoms with Gasteiger partial charge in [-0.05, 0) is 62.4 Å². The third-order valence-corrected chi connectivity index (χ3v) is 7.93. The number of halogens is 1. The fraction of sp³-hybridized carbons (Fsp3) is 0.500. The topological polar surface area (TPSA) is 55.8 Å². The zero-order valence-electron chi connectivity index (χ0n) is 18.7. The van der Waals surface area contributed by atoms with E-state index >= 15 is 0 Å². The predicted octanol–water partition coefficient (Wildman–Crippen LogP) is 3.69. The maximum atomic E-state index is 13.5. The van der Waals surface area contributed by atoms with E-state index in [1.807, 2.05) is 0 Å². The van der Waals surface area contributed by atoms with Crippen LogP contribution in [0, 0.1) is 12.7 Å². The Morgan fingerprint density at radius 1 is 1.00 bits per heavy atom. The summed E-state index contributed by atoms with van der Waals surface area (Å²) in [6, 6.07) is 14.7. The number of aliphatic hydroxyl groups is 1. The Bertz CT molecular complexity index is 970. The highest BCUT2D eigenvalue weighted by Crippen LogP contribution is 2.43. The van der Waals surface area contributed by atoms with Crippen LogP contribution in [0.25, 0.3) is 0 Å². The van der Waals surface area contributed by atoms with Crippen molar-refractivity contribution in [1.29, 1.82) is 0 Å². The second-order valence-corrected chi connectivity index (χ2v) is 9.69. The average Bonchev–Trinajstić information content (AvgIpc) is 3.11. The van der Waals surface area contributed by atoms with E-state index in [2.05, 4.69) is 46.3 Å². The summed E-state index contributed by atoms with van der Waals surface area (Å²) in [5.41, 5.74) is 1.56. The van der Waals surface area contributed by atoms with Crippen molar-refractivity contribution >= 4 is 11.6 Å². The molecule has 0 bridgehead atoms. The fourth-order valence-electron chi connectivity index (χ4n) is 6.05. The number of carbonyl (C=O) groups is 1. The van der Waals surface area contributed by atoms with Crippen LogP contribution < -0.4 is 10.2 Å². The molecule has 5 nitrogen and oxygen atoms in total. The molecule has 1 aliphatic carbocycles. The number of piperidine rings is 1. The van der Waals surface area contributed by atoms with E-state index in [1.165, 1.54) is 17.7 Å². The van der Waals surface area contributed by atoms with Crippen LogP contribution in [-0.2, 0) is 10.4 Å². The van der Waals surface area contributed by atoms with Crippen LogP contribution >= 0.6 is 0 Å². The first-order valence-corrected chi connectivity index (χ1v) is 11.8. The van der Waals surface area contributed by atoms with Crippen LogP contribution in [0.2, 0.25) is 0 Å². The summed E-state index contributed by atoms with van der Waals surface area (Å²) in [5.74, 6) is -0.178. The fourth-order valence-corrected chi connectivity index (χ4v) is 6.05. The van der Waals surface area contributed by atoms with Crippen LogP contribution in [0.1, 0.15) is 49.7 Å². The summed E-state index contributed by atoms with van der Waals surface area (Å²) >= 11 is 0. The first-order chi connectivity index (χ1) is 15.4. The molecule has 1 spiro atoms. The second-order valence-electron chi connectivity index (χ2n) is 9.69. The van der Waals surface area contributed by atoms with Gasteiger partial charge in [0.1, 0.15) is 17.0 Å². The molecule has 0 aromatic heterocycles. The zero-order valence-corrected chi connectivity index (χ0v) is 18.7. The standard InChI is InChI=1S/C26H32FN3O2/c1-19-5-11-22(12-6-19)30-18-28-24(31)25(30)14-16-29(17-15-25)23-4-2-3-13-26(23,32)20-7-9-21(27)10-8-20/h5-12,23,32H,2-4,13-18H2,1H3,(H,28,31)/t23-,26+/m1/s1. The van der Waals surface area contributed by atoms with Crippen molar-refractivity contribution in [3.05, 3.63) is 65.5 Å². The molecule has 0 unspecified atom stereocenters. The smallest absolute Gasteiger partial charge is 0.247 e. The number of benzene rings is 2. The lowest BCUT2D eigenvalue weighted by molar-refractivity contribution is -0.127. The third-order valence-electron chi connectivity index (χ3n) is 7.93. The number of likely N-dealkylation sites (tertiary alicyclic amines) is 1. The van der Waals surface area contributed by atoms with Gasteiger partial charge in [-0.1, -0.05) is 42.7 Å². The van der Waals surface area contributed by atoms with Crippen LogP contribution in [0.15, 0.2) is 48.5 Å². The number of nitrogens with one attached hydrogen (secondary N) is 1. The molecule has 1 saturated carbocycles. The quantitative estimate of drug-likeness (QED) is 0.769. The largest absolute Gasteiger partial charge is 0.384 e. The zero-order chi connectivity index (χ0) is 22.3. The van der Waals surface area contributed by atoms with Gasteiger partial charge in [-0.2, -0.15) is 0 Å². The van der Waals surface area contributed by atoms with Crippen LogP contribution in [0.4, 0.5) is 10.1 Å². The van der Waals surface area contributed by atoms with E-state index < -0.39 is 11.1 Å². The Kier molecular flexibility index (Phi) is 5.46. The average molecular weight is 438 g/mol. The highest BCUT2D eigenvalue weighted by atomic mass is 19.1. The van der Waals surface area contributed by atoms with Crippen LogP contribution in [0.3, 0.4) is 0 Å². The molecule has 3 fully saturated rings. The number of amides is 1. The van der Waals surface area contributed by atoms with Gasteiger partial charge in [-0.3, -0.25) is 9.69 Å².